The molecule has 0 aromatic heterocycles. The fraction of sp³-hybridized carbons (Fsp3) is 0.292. The van der Waals surface area contributed by atoms with E-state index in [0.717, 1.165) is 11.3 Å². The van der Waals surface area contributed by atoms with Crippen molar-refractivity contribution in [2.75, 3.05) is 11.9 Å². The number of rotatable bonds is 6. The molecular weight excluding hydrogens is 332 g/mol. The Labute approximate surface area is 161 Å². The first-order valence-corrected chi connectivity index (χ1v) is 9.67. The third-order valence-electron chi connectivity index (χ3n) is 5.16. The van der Waals surface area contributed by atoms with E-state index in [2.05, 4.69) is 86.0 Å². The summed E-state index contributed by atoms with van der Waals surface area (Å²) in [5.74, 6) is 0.414. The zero-order valence-corrected chi connectivity index (χ0v) is 16.6. The summed E-state index contributed by atoms with van der Waals surface area (Å²) in [6, 6.07) is 21.2. The van der Waals surface area contributed by atoms with E-state index in [1.54, 1.807) is 0 Å². The second-order valence-corrected chi connectivity index (χ2v) is 7.54. The van der Waals surface area contributed by atoms with Gasteiger partial charge in [0.1, 0.15) is 6.04 Å². The molecule has 0 aliphatic rings. The number of para-hydroxylation sites is 1. The zero-order chi connectivity index (χ0) is 19.4. The highest BCUT2D eigenvalue weighted by atomic mass is 16.1. The van der Waals surface area contributed by atoms with Crippen LogP contribution in [0, 0.1) is 6.92 Å². The Balaban J connectivity index is 1.69. The highest BCUT2D eigenvalue weighted by Crippen LogP contribution is 2.27. The van der Waals surface area contributed by atoms with Crippen molar-refractivity contribution >= 4 is 22.4 Å². The fourth-order valence-electron chi connectivity index (χ4n) is 3.59. The van der Waals surface area contributed by atoms with Crippen molar-refractivity contribution in [3.63, 3.8) is 0 Å². The molecule has 0 radical (unpaired) electrons. The van der Waals surface area contributed by atoms with Crippen molar-refractivity contribution in [3.8, 4) is 0 Å². The molecule has 140 valence electrons. The minimum Gasteiger partial charge on any atom is -0.332 e. The van der Waals surface area contributed by atoms with Crippen LogP contribution in [0.25, 0.3) is 10.8 Å². The van der Waals surface area contributed by atoms with Gasteiger partial charge >= 0.3 is 0 Å². The number of carbonyl (C=O) groups excluding carboxylic acids is 1. The van der Waals surface area contributed by atoms with E-state index in [1.807, 2.05) is 13.0 Å². The minimum absolute atomic E-state index is 0.0401. The second kappa shape index (κ2) is 8.36. The predicted molar refractivity (Wildman–Crippen MR) is 113 cm³/mol. The summed E-state index contributed by atoms with van der Waals surface area (Å²) >= 11 is 0. The van der Waals surface area contributed by atoms with Crippen LogP contribution in [0.5, 0.6) is 0 Å². The topological polar surface area (TPSA) is 45.7 Å². The van der Waals surface area contributed by atoms with Gasteiger partial charge in [-0.1, -0.05) is 74.5 Å². The molecule has 3 N–H and O–H groups in total. The normalized spacial score (nSPS) is 12.3. The molecule has 0 aliphatic carbocycles. The van der Waals surface area contributed by atoms with Crippen LogP contribution in [-0.4, -0.2) is 12.5 Å². The number of anilines is 1. The lowest BCUT2D eigenvalue weighted by Crippen LogP contribution is -2.86. The van der Waals surface area contributed by atoms with E-state index in [-0.39, 0.29) is 11.9 Å². The Morgan fingerprint density at radius 2 is 1.59 bits per heavy atom. The van der Waals surface area contributed by atoms with Gasteiger partial charge in [0, 0.05) is 11.3 Å². The van der Waals surface area contributed by atoms with E-state index in [1.165, 1.54) is 21.9 Å². The van der Waals surface area contributed by atoms with E-state index in [4.69, 9.17) is 0 Å². The predicted octanol–water partition coefficient (Wildman–Crippen LogP) is 4.53. The number of hydrogen-bond acceptors (Lipinski definition) is 1. The fourth-order valence-corrected chi connectivity index (χ4v) is 3.59. The molecule has 3 aromatic carbocycles. The van der Waals surface area contributed by atoms with E-state index in [0.29, 0.717) is 12.5 Å². The monoisotopic (exact) mass is 361 g/mol. The molecular formula is C24H29N2O+. The minimum atomic E-state index is 0.0401. The number of aryl methyl sites for hydroxylation is 1. The first kappa shape index (κ1) is 19.1. The maximum absolute atomic E-state index is 12.6. The summed E-state index contributed by atoms with van der Waals surface area (Å²) in [6.07, 6.45) is 0. The van der Waals surface area contributed by atoms with E-state index in [9.17, 15) is 4.79 Å². The molecule has 0 saturated carbocycles. The van der Waals surface area contributed by atoms with Crippen LogP contribution < -0.4 is 10.6 Å². The van der Waals surface area contributed by atoms with Gasteiger partial charge in [0.05, 0.1) is 0 Å². The summed E-state index contributed by atoms with van der Waals surface area (Å²) in [7, 11) is 0. The van der Waals surface area contributed by atoms with Gasteiger partial charge in [0.15, 0.2) is 6.54 Å². The van der Waals surface area contributed by atoms with Gasteiger partial charge in [-0.05, 0) is 41.7 Å². The van der Waals surface area contributed by atoms with Gasteiger partial charge in [-0.2, -0.15) is 0 Å². The molecule has 0 unspecified atom stereocenters. The molecule has 3 heteroatoms. The maximum Gasteiger partial charge on any atom is 0.279 e. The lowest BCUT2D eigenvalue weighted by atomic mass is 9.98. The second-order valence-electron chi connectivity index (χ2n) is 7.54. The van der Waals surface area contributed by atoms with Gasteiger partial charge in [-0.25, -0.2) is 0 Å². The number of benzene rings is 3. The van der Waals surface area contributed by atoms with Crippen LogP contribution in [0.3, 0.4) is 0 Å². The number of amides is 1. The number of hydrogen-bond donors (Lipinski definition) is 2. The number of carbonyl (C=O) groups is 1. The lowest BCUT2D eigenvalue weighted by molar-refractivity contribution is -0.682. The zero-order valence-electron chi connectivity index (χ0n) is 16.6. The SMILES string of the molecule is Cc1cccc(C(C)C)c1NC(=O)C[NH2+][C@H](C)c1cccc2ccccc12. The summed E-state index contributed by atoms with van der Waals surface area (Å²) in [5, 5.41) is 7.73. The van der Waals surface area contributed by atoms with Crippen LogP contribution >= 0.6 is 0 Å². The summed E-state index contributed by atoms with van der Waals surface area (Å²) in [4.78, 5) is 12.6. The van der Waals surface area contributed by atoms with Gasteiger partial charge in [-0.3, -0.25) is 4.79 Å². The number of nitrogens with two attached hydrogens (primary N) is 1. The highest BCUT2D eigenvalue weighted by Gasteiger charge is 2.16. The number of nitrogens with one attached hydrogen (secondary N) is 1. The Morgan fingerprint density at radius 3 is 2.37 bits per heavy atom. The lowest BCUT2D eigenvalue weighted by Gasteiger charge is -2.17. The molecule has 0 aliphatic heterocycles. The van der Waals surface area contributed by atoms with Crippen molar-refractivity contribution in [2.24, 2.45) is 0 Å². The van der Waals surface area contributed by atoms with Crippen LogP contribution in [0.2, 0.25) is 0 Å². The smallest absolute Gasteiger partial charge is 0.279 e. The largest absolute Gasteiger partial charge is 0.332 e. The third-order valence-corrected chi connectivity index (χ3v) is 5.16. The van der Waals surface area contributed by atoms with Gasteiger partial charge < -0.3 is 10.6 Å². The van der Waals surface area contributed by atoms with Crippen molar-refractivity contribution in [2.45, 2.75) is 39.7 Å². The van der Waals surface area contributed by atoms with Crippen molar-refractivity contribution in [1.82, 2.24) is 0 Å². The van der Waals surface area contributed by atoms with Crippen LogP contribution in [-0.2, 0) is 4.79 Å². The summed E-state index contributed by atoms with van der Waals surface area (Å²) < 4.78 is 0. The molecule has 1 atom stereocenters. The molecule has 27 heavy (non-hydrogen) atoms. The number of quaternary nitrogens is 1. The van der Waals surface area contributed by atoms with Crippen molar-refractivity contribution < 1.29 is 10.1 Å². The average Bonchev–Trinajstić information content (AvgIpc) is 2.67. The summed E-state index contributed by atoms with van der Waals surface area (Å²) in [5.41, 5.74) is 4.52. The van der Waals surface area contributed by atoms with Crippen molar-refractivity contribution in [3.05, 3.63) is 77.4 Å². The van der Waals surface area contributed by atoms with Crippen LogP contribution in [0.4, 0.5) is 5.69 Å². The molecule has 0 bridgehead atoms. The molecule has 0 saturated heterocycles. The standard InChI is InChI=1S/C24H28N2O/c1-16(2)20-13-7-9-17(3)24(20)26-23(27)15-25-18(4)21-14-8-11-19-10-5-6-12-22(19)21/h5-14,16,18,25H,15H2,1-4H3,(H,26,27)/p+1/t18-/m1/s1. The molecule has 3 nitrogen and oxygen atoms in total. The first-order chi connectivity index (χ1) is 13.0. The Morgan fingerprint density at radius 1 is 0.926 bits per heavy atom. The molecule has 0 heterocycles. The van der Waals surface area contributed by atoms with E-state index >= 15 is 0 Å². The number of fused-ring (bicyclic) bond motifs is 1. The molecule has 3 rings (SSSR count). The highest BCUT2D eigenvalue weighted by molar-refractivity contribution is 5.93. The van der Waals surface area contributed by atoms with Crippen molar-refractivity contribution in [1.29, 1.82) is 0 Å². The molecule has 0 fully saturated rings. The molecule has 3 aromatic rings. The van der Waals surface area contributed by atoms with Crippen LogP contribution in [0.1, 0.15) is 49.4 Å². The molecule has 0 spiro atoms. The maximum atomic E-state index is 12.6. The Bertz CT molecular complexity index is 941. The third kappa shape index (κ3) is 4.37. The van der Waals surface area contributed by atoms with Crippen LogP contribution in [0.15, 0.2) is 60.7 Å². The summed E-state index contributed by atoms with van der Waals surface area (Å²) in [6.45, 7) is 8.90. The van der Waals surface area contributed by atoms with Gasteiger partial charge in [0.2, 0.25) is 0 Å². The molecule has 1 amide bonds. The van der Waals surface area contributed by atoms with E-state index < -0.39 is 0 Å². The van der Waals surface area contributed by atoms with Gasteiger partial charge in [-0.15, -0.1) is 0 Å². The quantitative estimate of drug-likeness (QED) is 0.665. The average molecular weight is 362 g/mol. The Kier molecular flexibility index (Phi) is 5.92. The van der Waals surface area contributed by atoms with Gasteiger partial charge in [0.25, 0.3) is 5.91 Å². The Hall–Kier alpha value is -2.65. The first-order valence-electron chi connectivity index (χ1n) is 9.67.